The van der Waals surface area contributed by atoms with Gasteiger partial charge < -0.3 is 0 Å². The van der Waals surface area contributed by atoms with Crippen molar-refractivity contribution in [3.8, 4) is 0 Å². The zero-order chi connectivity index (χ0) is 13.8. The summed E-state index contributed by atoms with van der Waals surface area (Å²) in [5, 5.41) is 5.49. The van der Waals surface area contributed by atoms with Crippen molar-refractivity contribution in [3.63, 3.8) is 0 Å². The molecule has 0 saturated heterocycles. The first-order valence-electron chi connectivity index (χ1n) is 6.71. The standard InChI is InChI=1S/C13H20N4O2/c1-3-14-16(2)11-9-12(18)17(13(19)15-11)10-7-5-4-6-8-10/h3,9-10H,4-8H2,1-2H3,(H,15,19)/b14-3+. The van der Waals surface area contributed by atoms with Gasteiger partial charge in [-0.05, 0) is 19.8 Å². The molecule has 0 aliphatic heterocycles. The first-order chi connectivity index (χ1) is 9.13. The summed E-state index contributed by atoms with van der Waals surface area (Å²) >= 11 is 0. The van der Waals surface area contributed by atoms with E-state index in [-0.39, 0.29) is 17.3 Å². The molecule has 0 bridgehead atoms. The third-order valence-electron chi connectivity index (χ3n) is 3.53. The fourth-order valence-corrected chi connectivity index (χ4v) is 2.59. The lowest BCUT2D eigenvalue weighted by Crippen LogP contribution is -2.39. The number of hydrogen-bond acceptors (Lipinski definition) is 4. The molecule has 2 rings (SSSR count). The molecule has 0 spiro atoms. The summed E-state index contributed by atoms with van der Waals surface area (Å²) in [5.74, 6) is 0.417. The molecule has 0 unspecified atom stereocenters. The minimum atomic E-state index is -0.340. The van der Waals surface area contributed by atoms with Crippen molar-refractivity contribution < 1.29 is 0 Å². The topological polar surface area (TPSA) is 70.5 Å². The maximum atomic E-state index is 12.1. The van der Waals surface area contributed by atoms with Crippen LogP contribution in [0.4, 0.5) is 5.82 Å². The van der Waals surface area contributed by atoms with Crippen molar-refractivity contribution in [2.24, 2.45) is 5.10 Å². The highest BCUT2D eigenvalue weighted by molar-refractivity contribution is 5.55. The van der Waals surface area contributed by atoms with E-state index in [1.807, 2.05) is 0 Å². The van der Waals surface area contributed by atoms with Crippen molar-refractivity contribution in [2.75, 3.05) is 12.1 Å². The van der Waals surface area contributed by atoms with Crippen molar-refractivity contribution in [3.05, 3.63) is 26.9 Å². The van der Waals surface area contributed by atoms with E-state index >= 15 is 0 Å². The summed E-state index contributed by atoms with van der Waals surface area (Å²) in [4.78, 5) is 26.9. The fourth-order valence-electron chi connectivity index (χ4n) is 2.59. The second-order valence-corrected chi connectivity index (χ2v) is 4.86. The molecule has 1 aliphatic rings. The van der Waals surface area contributed by atoms with Gasteiger partial charge in [0, 0.05) is 25.4 Å². The Morgan fingerprint density at radius 3 is 2.63 bits per heavy atom. The van der Waals surface area contributed by atoms with Crippen molar-refractivity contribution >= 4 is 12.0 Å². The molecule has 19 heavy (non-hydrogen) atoms. The van der Waals surface area contributed by atoms with Gasteiger partial charge in [0.25, 0.3) is 5.56 Å². The number of nitrogens with one attached hydrogen (secondary N) is 1. The molecule has 1 N–H and O–H groups in total. The Kier molecular flexibility index (Phi) is 4.19. The largest absolute Gasteiger partial charge is 0.330 e. The van der Waals surface area contributed by atoms with Gasteiger partial charge in [-0.1, -0.05) is 19.3 Å². The number of anilines is 1. The molecule has 6 nitrogen and oxygen atoms in total. The van der Waals surface area contributed by atoms with Crippen LogP contribution in [-0.4, -0.2) is 22.8 Å². The third kappa shape index (κ3) is 2.94. The molecule has 0 amide bonds. The smallest absolute Gasteiger partial charge is 0.292 e. The van der Waals surface area contributed by atoms with Gasteiger partial charge in [0.1, 0.15) is 5.82 Å². The van der Waals surface area contributed by atoms with E-state index in [1.54, 1.807) is 20.2 Å². The summed E-state index contributed by atoms with van der Waals surface area (Å²) in [6.07, 6.45) is 6.77. The van der Waals surface area contributed by atoms with Gasteiger partial charge in [0.2, 0.25) is 0 Å². The van der Waals surface area contributed by atoms with Crippen LogP contribution >= 0.6 is 0 Å². The van der Waals surface area contributed by atoms with Gasteiger partial charge >= 0.3 is 5.69 Å². The highest BCUT2D eigenvalue weighted by Gasteiger charge is 2.19. The van der Waals surface area contributed by atoms with E-state index in [9.17, 15) is 9.59 Å². The van der Waals surface area contributed by atoms with Crippen LogP contribution < -0.4 is 16.3 Å². The Morgan fingerprint density at radius 2 is 2.05 bits per heavy atom. The summed E-state index contributed by atoms with van der Waals surface area (Å²) in [6.45, 7) is 1.78. The SMILES string of the molecule is C/C=N/N(C)c1cc(=O)n(C2CCCCC2)c(=O)[nH]1. The van der Waals surface area contributed by atoms with Crippen LogP contribution in [0.5, 0.6) is 0 Å². The molecule has 104 valence electrons. The summed E-state index contributed by atoms with van der Waals surface area (Å²) < 4.78 is 1.35. The highest BCUT2D eigenvalue weighted by Crippen LogP contribution is 2.25. The molecule has 1 aromatic rings. The average Bonchev–Trinajstić information content (AvgIpc) is 2.39. The fraction of sp³-hybridized carbons (Fsp3) is 0.615. The predicted molar refractivity (Wildman–Crippen MR) is 76.0 cm³/mol. The van der Waals surface area contributed by atoms with Crippen LogP contribution in [0.25, 0.3) is 0 Å². The molecule has 0 aromatic carbocycles. The average molecular weight is 264 g/mol. The lowest BCUT2D eigenvalue weighted by atomic mass is 9.95. The molecule has 6 heteroatoms. The molecule has 1 saturated carbocycles. The zero-order valence-corrected chi connectivity index (χ0v) is 11.4. The van der Waals surface area contributed by atoms with Gasteiger partial charge in [-0.15, -0.1) is 0 Å². The first kappa shape index (κ1) is 13.6. The first-order valence-corrected chi connectivity index (χ1v) is 6.71. The Bertz CT molecular complexity index is 535. The third-order valence-corrected chi connectivity index (χ3v) is 3.53. The van der Waals surface area contributed by atoms with Gasteiger partial charge in [-0.2, -0.15) is 5.10 Å². The monoisotopic (exact) mass is 264 g/mol. The minimum Gasteiger partial charge on any atom is -0.292 e. The number of nitrogens with zero attached hydrogens (tertiary/aromatic N) is 3. The van der Waals surface area contributed by atoms with Crippen LogP contribution in [-0.2, 0) is 0 Å². The van der Waals surface area contributed by atoms with E-state index in [0.717, 1.165) is 25.7 Å². The predicted octanol–water partition coefficient (Wildman–Crippen LogP) is 1.48. The number of hydrogen-bond donors (Lipinski definition) is 1. The summed E-state index contributed by atoms with van der Waals surface area (Å²) in [5.41, 5.74) is -0.587. The maximum absolute atomic E-state index is 12.1. The highest BCUT2D eigenvalue weighted by atomic mass is 16.2. The minimum absolute atomic E-state index is 0.0408. The van der Waals surface area contributed by atoms with E-state index in [4.69, 9.17) is 0 Å². The lowest BCUT2D eigenvalue weighted by molar-refractivity contribution is 0.336. The quantitative estimate of drug-likeness (QED) is 0.664. The van der Waals surface area contributed by atoms with Gasteiger partial charge in [-0.3, -0.25) is 19.4 Å². The van der Waals surface area contributed by atoms with Crippen LogP contribution in [0.3, 0.4) is 0 Å². The Hall–Kier alpha value is -1.85. The van der Waals surface area contributed by atoms with Gasteiger partial charge in [-0.25, -0.2) is 4.79 Å². The molecule has 1 aliphatic carbocycles. The molecule has 0 radical (unpaired) electrons. The van der Waals surface area contributed by atoms with E-state index in [1.165, 1.54) is 22.1 Å². The summed E-state index contributed by atoms with van der Waals surface area (Å²) in [7, 11) is 1.69. The Labute approximate surface area is 111 Å². The van der Waals surface area contributed by atoms with E-state index in [0.29, 0.717) is 5.82 Å². The molecular weight excluding hydrogens is 244 g/mol. The number of aromatic nitrogens is 2. The second kappa shape index (κ2) is 5.86. The van der Waals surface area contributed by atoms with Gasteiger partial charge in [0.15, 0.2) is 0 Å². The summed E-state index contributed by atoms with van der Waals surface area (Å²) in [6, 6.07) is 1.47. The molecule has 1 aromatic heterocycles. The van der Waals surface area contributed by atoms with Crippen LogP contribution in [0.15, 0.2) is 20.8 Å². The van der Waals surface area contributed by atoms with Crippen LogP contribution in [0.2, 0.25) is 0 Å². The Balaban J connectivity index is 2.37. The molecular formula is C13H20N4O2. The van der Waals surface area contributed by atoms with Crippen molar-refractivity contribution in [1.82, 2.24) is 9.55 Å². The number of hydrazone groups is 1. The maximum Gasteiger partial charge on any atom is 0.330 e. The Morgan fingerprint density at radius 1 is 1.37 bits per heavy atom. The van der Waals surface area contributed by atoms with E-state index in [2.05, 4.69) is 10.1 Å². The molecule has 1 heterocycles. The van der Waals surface area contributed by atoms with Gasteiger partial charge in [0.05, 0.1) is 0 Å². The second-order valence-electron chi connectivity index (χ2n) is 4.86. The van der Waals surface area contributed by atoms with E-state index < -0.39 is 0 Å². The number of aromatic amines is 1. The van der Waals surface area contributed by atoms with Crippen LogP contribution in [0, 0.1) is 0 Å². The van der Waals surface area contributed by atoms with Crippen molar-refractivity contribution in [2.45, 2.75) is 45.1 Å². The van der Waals surface area contributed by atoms with Crippen LogP contribution in [0.1, 0.15) is 45.1 Å². The van der Waals surface area contributed by atoms with Crippen molar-refractivity contribution in [1.29, 1.82) is 0 Å². The molecule has 0 atom stereocenters. The number of H-pyrrole nitrogens is 1. The number of rotatable bonds is 3. The zero-order valence-electron chi connectivity index (χ0n) is 11.4. The normalized spacial score (nSPS) is 16.9. The molecule has 1 fully saturated rings. The lowest BCUT2D eigenvalue weighted by Gasteiger charge is -2.23.